The third-order valence-corrected chi connectivity index (χ3v) is 2.97. The van der Waals surface area contributed by atoms with Gasteiger partial charge in [0.2, 0.25) is 0 Å². The SMILES string of the molecule is CCC(C)CNCC(C)CN(C)C(=O)OC(C)(C)C. The Bertz CT molecular complexity index is 261. The maximum Gasteiger partial charge on any atom is 0.410 e. The minimum Gasteiger partial charge on any atom is -0.444 e. The molecule has 0 aliphatic rings. The molecule has 2 unspecified atom stereocenters. The molecule has 0 aliphatic carbocycles. The number of nitrogens with zero attached hydrogens (tertiary/aromatic N) is 1. The quantitative estimate of drug-likeness (QED) is 0.774. The third-order valence-electron chi connectivity index (χ3n) is 2.97. The predicted molar refractivity (Wildman–Crippen MR) is 80.4 cm³/mol. The summed E-state index contributed by atoms with van der Waals surface area (Å²) in [5.41, 5.74) is -0.427. The van der Waals surface area contributed by atoms with Crippen LogP contribution in [0.3, 0.4) is 0 Å². The Balaban J connectivity index is 3.92. The van der Waals surface area contributed by atoms with Gasteiger partial charge in [0, 0.05) is 13.6 Å². The Morgan fingerprint density at radius 1 is 1.21 bits per heavy atom. The van der Waals surface area contributed by atoms with E-state index in [9.17, 15) is 4.79 Å². The summed E-state index contributed by atoms with van der Waals surface area (Å²) in [4.78, 5) is 13.5. The summed E-state index contributed by atoms with van der Waals surface area (Å²) in [6.45, 7) is 14.9. The zero-order valence-electron chi connectivity index (χ0n) is 13.7. The van der Waals surface area contributed by atoms with Gasteiger partial charge in [-0.2, -0.15) is 0 Å². The molecule has 0 aromatic heterocycles. The zero-order chi connectivity index (χ0) is 15.1. The Morgan fingerprint density at radius 2 is 1.74 bits per heavy atom. The van der Waals surface area contributed by atoms with Gasteiger partial charge >= 0.3 is 6.09 Å². The highest BCUT2D eigenvalue weighted by Crippen LogP contribution is 2.10. The molecule has 19 heavy (non-hydrogen) atoms. The van der Waals surface area contributed by atoms with Crippen molar-refractivity contribution in [2.24, 2.45) is 11.8 Å². The molecule has 4 heteroatoms. The van der Waals surface area contributed by atoms with E-state index in [1.807, 2.05) is 20.8 Å². The largest absolute Gasteiger partial charge is 0.444 e. The van der Waals surface area contributed by atoms with Gasteiger partial charge in [0.25, 0.3) is 0 Å². The van der Waals surface area contributed by atoms with Crippen LogP contribution >= 0.6 is 0 Å². The van der Waals surface area contributed by atoms with E-state index in [-0.39, 0.29) is 6.09 Å². The first-order chi connectivity index (χ1) is 8.65. The van der Waals surface area contributed by atoms with Crippen LogP contribution in [0.15, 0.2) is 0 Å². The fraction of sp³-hybridized carbons (Fsp3) is 0.933. The minimum absolute atomic E-state index is 0.249. The van der Waals surface area contributed by atoms with Gasteiger partial charge in [-0.15, -0.1) is 0 Å². The van der Waals surface area contributed by atoms with Gasteiger partial charge < -0.3 is 15.0 Å². The second-order valence-electron chi connectivity index (χ2n) is 6.64. The topological polar surface area (TPSA) is 41.6 Å². The molecule has 114 valence electrons. The van der Waals surface area contributed by atoms with Gasteiger partial charge in [-0.3, -0.25) is 0 Å². The van der Waals surface area contributed by atoms with Crippen molar-refractivity contribution in [3.63, 3.8) is 0 Å². The molecule has 0 fully saturated rings. The summed E-state index contributed by atoms with van der Waals surface area (Å²) in [5, 5.41) is 3.45. The minimum atomic E-state index is -0.427. The smallest absolute Gasteiger partial charge is 0.410 e. The monoisotopic (exact) mass is 272 g/mol. The van der Waals surface area contributed by atoms with Gasteiger partial charge in [0.1, 0.15) is 5.60 Å². The summed E-state index contributed by atoms with van der Waals surface area (Å²) >= 11 is 0. The molecule has 0 aromatic rings. The van der Waals surface area contributed by atoms with Crippen molar-refractivity contribution in [1.29, 1.82) is 0 Å². The number of rotatable bonds is 7. The number of carbonyl (C=O) groups excluding carboxylic acids is 1. The number of amides is 1. The van der Waals surface area contributed by atoms with Crippen LogP contribution < -0.4 is 5.32 Å². The summed E-state index contributed by atoms with van der Waals surface area (Å²) in [6, 6.07) is 0. The molecule has 0 bridgehead atoms. The first kappa shape index (κ1) is 18.2. The van der Waals surface area contributed by atoms with Crippen molar-refractivity contribution in [2.45, 2.75) is 53.6 Å². The van der Waals surface area contributed by atoms with Crippen LogP contribution in [-0.2, 0) is 4.74 Å². The summed E-state index contributed by atoms with van der Waals surface area (Å²) in [5.74, 6) is 1.12. The second kappa shape index (κ2) is 8.41. The van der Waals surface area contributed by atoms with Crippen molar-refractivity contribution < 1.29 is 9.53 Å². The average Bonchev–Trinajstić information content (AvgIpc) is 2.26. The Morgan fingerprint density at radius 3 is 2.21 bits per heavy atom. The van der Waals surface area contributed by atoms with Crippen LogP contribution in [0, 0.1) is 11.8 Å². The van der Waals surface area contributed by atoms with Crippen molar-refractivity contribution in [2.75, 3.05) is 26.7 Å². The molecule has 0 aliphatic heterocycles. The molecule has 4 nitrogen and oxygen atoms in total. The van der Waals surface area contributed by atoms with E-state index in [2.05, 4.69) is 26.1 Å². The number of hydrogen-bond donors (Lipinski definition) is 1. The summed E-state index contributed by atoms with van der Waals surface area (Å²) < 4.78 is 5.33. The van der Waals surface area contributed by atoms with E-state index >= 15 is 0 Å². The molecule has 0 rings (SSSR count). The lowest BCUT2D eigenvalue weighted by Gasteiger charge is -2.26. The summed E-state index contributed by atoms with van der Waals surface area (Å²) in [6.07, 6.45) is 0.945. The normalized spacial score (nSPS) is 14.9. The van der Waals surface area contributed by atoms with E-state index in [1.165, 1.54) is 6.42 Å². The van der Waals surface area contributed by atoms with Crippen molar-refractivity contribution in [1.82, 2.24) is 10.2 Å². The second-order valence-corrected chi connectivity index (χ2v) is 6.64. The van der Waals surface area contributed by atoms with Crippen LogP contribution in [0.5, 0.6) is 0 Å². The Kier molecular flexibility index (Phi) is 8.07. The maximum absolute atomic E-state index is 11.8. The van der Waals surface area contributed by atoms with E-state index in [1.54, 1.807) is 11.9 Å². The molecule has 2 atom stereocenters. The lowest BCUT2D eigenvalue weighted by Crippen LogP contribution is -2.39. The van der Waals surface area contributed by atoms with Crippen LogP contribution in [0.1, 0.15) is 48.0 Å². The fourth-order valence-corrected chi connectivity index (χ4v) is 1.67. The van der Waals surface area contributed by atoms with Crippen LogP contribution in [-0.4, -0.2) is 43.3 Å². The fourth-order valence-electron chi connectivity index (χ4n) is 1.67. The van der Waals surface area contributed by atoms with Gasteiger partial charge in [-0.1, -0.05) is 27.2 Å². The Labute approximate surface area is 118 Å². The molecule has 1 N–H and O–H groups in total. The molecule has 0 spiro atoms. The molecule has 0 aromatic carbocycles. The van der Waals surface area contributed by atoms with Gasteiger partial charge in [0.15, 0.2) is 0 Å². The van der Waals surface area contributed by atoms with Crippen LogP contribution in [0.2, 0.25) is 0 Å². The first-order valence-electron chi connectivity index (χ1n) is 7.30. The molecule has 0 heterocycles. The average molecular weight is 272 g/mol. The highest BCUT2D eigenvalue weighted by molar-refractivity contribution is 5.67. The molecule has 0 saturated carbocycles. The van der Waals surface area contributed by atoms with Crippen LogP contribution in [0.4, 0.5) is 4.79 Å². The van der Waals surface area contributed by atoms with Gasteiger partial charge in [-0.05, 0) is 45.7 Å². The maximum atomic E-state index is 11.8. The van der Waals surface area contributed by atoms with E-state index in [0.717, 1.165) is 13.1 Å². The molecule has 0 saturated heterocycles. The lowest BCUT2D eigenvalue weighted by atomic mass is 10.1. The van der Waals surface area contributed by atoms with Crippen LogP contribution in [0.25, 0.3) is 0 Å². The number of nitrogens with one attached hydrogen (secondary N) is 1. The number of carbonyl (C=O) groups is 1. The van der Waals surface area contributed by atoms with E-state index in [0.29, 0.717) is 18.4 Å². The number of ether oxygens (including phenoxy) is 1. The standard InChI is InChI=1S/C15H32N2O2/c1-8-12(2)9-16-10-13(3)11-17(7)14(18)19-15(4,5)6/h12-13,16H,8-11H2,1-7H3. The van der Waals surface area contributed by atoms with Crippen molar-refractivity contribution in [3.8, 4) is 0 Å². The van der Waals surface area contributed by atoms with Crippen molar-refractivity contribution >= 4 is 6.09 Å². The third kappa shape index (κ3) is 9.77. The molecular weight excluding hydrogens is 240 g/mol. The Hall–Kier alpha value is -0.770. The van der Waals surface area contributed by atoms with E-state index in [4.69, 9.17) is 4.74 Å². The van der Waals surface area contributed by atoms with Crippen molar-refractivity contribution in [3.05, 3.63) is 0 Å². The van der Waals surface area contributed by atoms with E-state index < -0.39 is 5.60 Å². The molecular formula is C15H32N2O2. The molecule has 0 radical (unpaired) electrons. The zero-order valence-corrected chi connectivity index (χ0v) is 13.7. The van der Waals surface area contributed by atoms with Gasteiger partial charge in [0.05, 0.1) is 0 Å². The van der Waals surface area contributed by atoms with Gasteiger partial charge in [-0.25, -0.2) is 4.79 Å². The summed E-state index contributed by atoms with van der Waals surface area (Å²) in [7, 11) is 1.79. The highest BCUT2D eigenvalue weighted by atomic mass is 16.6. The first-order valence-corrected chi connectivity index (χ1v) is 7.30. The lowest BCUT2D eigenvalue weighted by molar-refractivity contribution is 0.0277. The predicted octanol–water partition coefficient (Wildman–Crippen LogP) is 3.13. The highest BCUT2D eigenvalue weighted by Gasteiger charge is 2.20. The molecule has 1 amide bonds. The number of hydrogen-bond acceptors (Lipinski definition) is 3.